The lowest BCUT2D eigenvalue weighted by atomic mass is 10.0. The van der Waals surface area contributed by atoms with Crippen LogP contribution in [0.3, 0.4) is 0 Å². The van der Waals surface area contributed by atoms with Gasteiger partial charge in [-0.15, -0.1) is 0 Å². The Morgan fingerprint density at radius 1 is 1.07 bits per heavy atom. The van der Waals surface area contributed by atoms with E-state index in [2.05, 4.69) is 30.4 Å². The van der Waals surface area contributed by atoms with E-state index < -0.39 is 0 Å². The number of hydrogen-bond donors (Lipinski definition) is 1. The molecular weight excluding hydrogens is 348 g/mol. The minimum atomic E-state index is -0.143. The minimum Gasteiger partial charge on any atom is -0.493 e. The molecule has 0 aliphatic heterocycles. The molecule has 0 aliphatic carbocycles. The van der Waals surface area contributed by atoms with Crippen molar-refractivity contribution >= 4 is 22.9 Å². The third kappa shape index (κ3) is 4.77. The van der Waals surface area contributed by atoms with E-state index in [0.717, 1.165) is 34.1 Å². The number of benzene rings is 3. The van der Waals surface area contributed by atoms with Crippen LogP contribution >= 0.6 is 0 Å². The largest absolute Gasteiger partial charge is 0.493 e. The Balaban J connectivity index is 1.76. The number of rotatable bonds is 7. The van der Waals surface area contributed by atoms with Crippen molar-refractivity contribution in [2.75, 3.05) is 6.61 Å². The lowest BCUT2D eigenvalue weighted by Crippen LogP contribution is -2.20. The van der Waals surface area contributed by atoms with E-state index in [1.54, 1.807) is 6.21 Å². The number of nitrogens with one attached hydrogen (secondary N) is 1. The lowest BCUT2D eigenvalue weighted by Gasteiger charge is -2.11. The molecule has 4 nitrogen and oxygen atoms in total. The SMILES string of the molecule is CCCOc1ccc2ccccc2c1C=NNC(=O)Cc1ccc(C)c(C)c1. The average molecular weight is 374 g/mol. The number of carbonyl (C=O) groups excluding carboxylic acids is 1. The number of nitrogens with zero attached hydrogens (tertiary/aromatic N) is 1. The predicted molar refractivity (Wildman–Crippen MR) is 115 cm³/mol. The molecule has 0 saturated heterocycles. The zero-order valence-corrected chi connectivity index (χ0v) is 16.7. The number of ether oxygens (including phenoxy) is 1. The fourth-order valence-electron chi connectivity index (χ4n) is 3.05. The summed E-state index contributed by atoms with van der Waals surface area (Å²) < 4.78 is 5.87. The van der Waals surface area contributed by atoms with Gasteiger partial charge < -0.3 is 4.74 Å². The van der Waals surface area contributed by atoms with E-state index in [1.165, 1.54) is 11.1 Å². The fraction of sp³-hybridized carbons (Fsp3) is 0.250. The van der Waals surface area contributed by atoms with Gasteiger partial charge in [-0.2, -0.15) is 5.10 Å². The first-order valence-electron chi connectivity index (χ1n) is 9.61. The molecule has 0 unspecified atom stereocenters. The van der Waals surface area contributed by atoms with Crippen molar-refractivity contribution in [3.63, 3.8) is 0 Å². The van der Waals surface area contributed by atoms with E-state index in [4.69, 9.17) is 4.74 Å². The van der Waals surface area contributed by atoms with Gasteiger partial charge in [-0.3, -0.25) is 4.79 Å². The van der Waals surface area contributed by atoms with Crippen LogP contribution in [0.1, 0.15) is 35.6 Å². The molecule has 0 fully saturated rings. The van der Waals surface area contributed by atoms with E-state index in [1.807, 2.05) is 55.5 Å². The van der Waals surface area contributed by atoms with Gasteiger partial charge in [0.05, 0.1) is 19.2 Å². The first-order chi connectivity index (χ1) is 13.6. The summed E-state index contributed by atoms with van der Waals surface area (Å²) in [7, 11) is 0. The Morgan fingerprint density at radius 2 is 1.89 bits per heavy atom. The summed E-state index contributed by atoms with van der Waals surface area (Å²) in [5, 5.41) is 6.34. The molecule has 0 heterocycles. The quantitative estimate of drug-likeness (QED) is 0.470. The summed E-state index contributed by atoms with van der Waals surface area (Å²) in [5.41, 5.74) is 6.89. The van der Waals surface area contributed by atoms with Crippen molar-refractivity contribution < 1.29 is 9.53 Å². The van der Waals surface area contributed by atoms with E-state index in [0.29, 0.717) is 13.0 Å². The molecule has 0 radical (unpaired) electrons. The van der Waals surface area contributed by atoms with Crippen molar-refractivity contribution in [2.45, 2.75) is 33.6 Å². The number of aryl methyl sites for hydroxylation is 2. The Morgan fingerprint density at radius 3 is 2.68 bits per heavy atom. The molecule has 1 N–H and O–H groups in total. The molecule has 0 aliphatic rings. The number of fused-ring (bicyclic) bond motifs is 1. The topological polar surface area (TPSA) is 50.7 Å². The summed E-state index contributed by atoms with van der Waals surface area (Å²) in [4.78, 5) is 12.3. The summed E-state index contributed by atoms with van der Waals surface area (Å²) in [6.07, 6.45) is 2.90. The maximum absolute atomic E-state index is 12.3. The van der Waals surface area contributed by atoms with Gasteiger partial charge in [-0.25, -0.2) is 5.43 Å². The van der Waals surface area contributed by atoms with Gasteiger partial charge in [0.1, 0.15) is 5.75 Å². The van der Waals surface area contributed by atoms with Crippen molar-refractivity contribution in [1.82, 2.24) is 5.43 Å². The van der Waals surface area contributed by atoms with Crippen LogP contribution in [-0.2, 0) is 11.2 Å². The summed E-state index contributed by atoms with van der Waals surface area (Å²) in [6, 6.07) is 18.1. The smallest absolute Gasteiger partial charge is 0.244 e. The average Bonchev–Trinajstić information content (AvgIpc) is 2.70. The third-order valence-electron chi connectivity index (χ3n) is 4.71. The van der Waals surface area contributed by atoms with Crippen molar-refractivity contribution in [3.05, 3.63) is 76.9 Å². The molecule has 28 heavy (non-hydrogen) atoms. The summed E-state index contributed by atoms with van der Waals surface area (Å²) in [5.74, 6) is 0.628. The summed E-state index contributed by atoms with van der Waals surface area (Å²) in [6.45, 7) is 6.82. The molecule has 0 spiro atoms. The highest BCUT2D eigenvalue weighted by molar-refractivity contribution is 6.02. The molecule has 3 aromatic rings. The van der Waals surface area contributed by atoms with Crippen LogP contribution in [0.4, 0.5) is 0 Å². The maximum Gasteiger partial charge on any atom is 0.244 e. The fourth-order valence-corrected chi connectivity index (χ4v) is 3.05. The minimum absolute atomic E-state index is 0.143. The zero-order chi connectivity index (χ0) is 19.9. The van der Waals surface area contributed by atoms with E-state index >= 15 is 0 Å². The molecule has 144 valence electrons. The predicted octanol–water partition coefficient (Wildman–Crippen LogP) is 4.94. The molecule has 4 heteroatoms. The molecule has 0 atom stereocenters. The molecule has 0 saturated carbocycles. The first-order valence-corrected chi connectivity index (χ1v) is 9.61. The first kappa shape index (κ1) is 19.6. The van der Waals surface area contributed by atoms with E-state index in [-0.39, 0.29) is 5.91 Å². The number of carbonyl (C=O) groups is 1. The second kappa shape index (κ2) is 9.18. The summed E-state index contributed by atoms with van der Waals surface area (Å²) >= 11 is 0. The zero-order valence-electron chi connectivity index (χ0n) is 16.7. The number of amides is 1. The molecule has 3 aromatic carbocycles. The number of hydrazone groups is 1. The van der Waals surface area contributed by atoms with Crippen LogP contribution in [0.15, 0.2) is 59.7 Å². The Kier molecular flexibility index (Phi) is 6.43. The van der Waals surface area contributed by atoms with Gasteiger partial charge in [0, 0.05) is 5.56 Å². The second-order valence-electron chi connectivity index (χ2n) is 6.94. The van der Waals surface area contributed by atoms with Crippen molar-refractivity contribution in [3.8, 4) is 5.75 Å². The van der Waals surface area contributed by atoms with Crippen LogP contribution in [0.5, 0.6) is 5.75 Å². The molecule has 0 bridgehead atoms. The highest BCUT2D eigenvalue weighted by Gasteiger charge is 2.08. The van der Waals surface area contributed by atoms with Gasteiger partial charge in [0.25, 0.3) is 0 Å². The Bertz CT molecular complexity index is 1010. The third-order valence-corrected chi connectivity index (χ3v) is 4.71. The molecular formula is C24H26N2O2. The normalized spacial score (nSPS) is 11.1. The van der Waals surface area contributed by atoms with Gasteiger partial charge in [0.15, 0.2) is 0 Å². The Hall–Kier alpha value is -3.14. The standard InChI is InChI=1S/C24H26N2O2/c1-4-13-28-23-12-11-20-7-5-6-8-21(20)22(23)16-25-26-24(27)15-19-10-9-17(2)18(3)14-19/h5-12,14,16H,4,13,15H2,1-3H3,(H,26,27). The highest BCUT2D eigenvalue weighted by Crippen LogP contribution is 2.26. The van der Waals surface area contributed by atoms with E-state index in [9.17, 15) is 4.79 Å². The van der Waals surface area contributed by atoms with Crippen LogP contribution in [0.2, 0.25) is 0 Å². The van der Waals surface area contributed by atoms with Gasteiger partial charge in [-0.05, 0) is 53.8 Å². The molecule has 3 rings (SSSR count). The lowest BCUT2D eigenvalue weighted by molar-refractivity contribution is -0.120. The molecule has 0 aromatic heterocycles. The van der Waals surface area contributed by atoms with Crippen LogP contribution in [0, 0.1) is 13.8 Å². The van der Waals surface area contributed by atoms with Crippen LogP contribution in [-0.4, -0.2) is 18.7 Å². The molecule has 1 amide bonds. The second-order valence-corrected chi connectivity index (χ2v) is 6.94. The van der Waals surface area contributed by atoms with Gasteiger partial charge >= 0.3 is 0 Å². The van der Waals surface area contributed by atoms with Crippen LogP contribution in [0.25, 0.3) is 10.8 Å². The van der Waals surface area contributed by atoms with Crippen LogP contribution < -0.4 is 10.2 Å². The monoisotopic (exact) mass is 374 g/mol. The maximum atomic E-state index is 12.3. The Labute approximate surface area is 166 Å². The number of hydrogen-bond acceptors (Lipinski definition) is 3. The highest BCUT2D eigenvalue weighted by atomic mass is 16.5. The van der Waals surface area contributed by atoms with Gasteiger partial charge in [-0.1, -0.05) is 55.5 Å². The van der Waals surface area contributed by atoms with Crippen molar-refractivity contribution in [2.24, 2.45) is 5.10 Å². The van der Waals surface area contributed by atoms with Gasteiger partial charge in [0.2, 0.25) is 5.91 Å². The van der Waals surface area contributed by atoms with Crippen molar-refractivity contribution in [1.29, 1.82) is 0 Å².